The molecule has 1 aliphatic carbocycles. The number of hydrogen-bond donors (Lipinski definition) is 1. The summed E-state index contributed by atoms with van der Waals surface area (Å²) in [5, 5.41) is 4.56. The molecule has 0 amide bonds. The summed E-state index contributed by atoms with van der Waals surface area (Å²) in [4.78, 5) is 13.8. The third-order valence-electron chi connectivity index (χ3n) is 4.57. The fraction of sp³-hybridized carbons (Fsp3) is 0.300. The summed E-state index contributed by atoms with van der Waals surface area (Å²) in [5.74, 6) is 0.639. The summed E-state index contributed by atoms with van der Waals surface area (Å²) in [6, 6.07) is 11.8. The quantitative estimate of drug-likeness (QED) is 0.906. The minimum absolute atomic E-state index is 0.639. The van der Waals surface area contributed by atoms with E-state index >= 15 is 0 Å². The second-order valence-electron chi connectivity index (χ2n) is 6.30. The van der Waals surface area contributed by atoms with Gasteiger partial charge in [0.2, 0.25) is 0 Å². The van der Waals surface area contributed by atoms with E-state index in [1.807, 2.05) is 42.6 Å². The van der Waals surface area contributed by atoms with Gasteiger partial charge >= 0.3 is 0 Å². The van der Waals surface area contributed by atoms with Crippen molar-refractivity contribution in [3.05, 3.63) is 65.8 Å². The Kier molecular flexibility index (Phi) is 4.63. The Morgan fingerprint density at radius 2 is 1.48 bits per heavy atom. The molecule has 0 aromatic carbocycles. The Morgan fingerprint density at radius 3 is 2.20 bits per heavy atom. The Morgan fingerprint density at radius 1 is 0.760 bits per heavy atom. The first-order valence-corrected chi connectivity index (χ1v) is 8.89. The standard InChI is InChI=1S/C20H21N5/c1-2-4-10-16-15(9-3-1)19(17-11-5-7-13-21-17)24-25-20(23-16)18-12-6-8-14-22-18/h5-8,11-14,24H,1-4,9-10H2. The number of nitrogens with one attached hydrogen (secondary N) is 1. The molecule has 126 valence electrons. The summed E-state index contributed by atoms with van der Waals surface area (Å²) in [5.41, 5.74) is 8.28. The molecule has 1 saturated carbocycles. The van der Waals surface area contributed by atoms with Crippen molar-refractivity contribution >= 4 is 17.2 Å². The molecule has 0 saturated heterocycles. The van der Waals surface area contributed by atoms with Gasteiger partial charge in [-0.05, 0) is 49.9 Å². The van der Waals surface area contributed by atoms with Crippen LogP contribution in [-0.4, -0.2) is 21.5 Å². The predicted molar refractivity (Wildman–Crippen MR) is 100 cm³/mol. The summed E-state index contributed by atoms with van der Waals surface area (Å²) in [6.07, 6.45) is 10.4. The first-order chi connectivity index (χ1) is 12.4. The van der Waals surface area contributed by atoms with Gasteiger partial charge in [-0.1, -0.05) is 25.0 Å². The van der Waals surface area contributed by atoms with Crippen LogP contribution in [0, 0.1) is 0 Å². The lowest BCUT2D eigenvalue weighted by Gasteiger charge is -2.17. The van der Waals surface area contributed by atoms with Crippen molar-refractivity contribution in [2.45, 2.75) is 38.5 Å². The van der Waals surface area contributed by atoms with Gasteiger partial charge in [-0.3, -0.25) is 15.4 Å². The van der Waals surface area contributed by atoms with Crippen LogP contribution in [-0.2, 0) is 0 Å². The van der Waals surface area contributed by atoms with Gasteiger partial charge in [-0.25, -0.2) is 4.99 Å². The molecule has 5 heteroatoms. The largest absolute Gasteiger partial charge is 0.274 e. The molecule has 1 aliphatic heterocycles. The van der Waals surface area contributed by atoms with Gasteiger partial charge in [0.05, 0.1) is 11.4 Å². The average Bonchev–Trinajstić information content (AvgIpc) is 2.82. The van der Waals surface area contributed by atoms with Gasteiger partial charge in [0.15, 0.2) is 5.84 Å². The van der Waals surface area contributed by atoms with E-state index in [1.165, 1.54) is 24.8 Å². The Balaban J connectivity index is 1.81. The van der Waals surface area contributed by atoms with Crippen LogP contribution in [0.2, 0.25) is 0 Å². The van der Waals surface area contributed by atoms with Crippen molar-refractivity contribution in [1.82, 2.24) is 15.4 Å². The lowest BCUT2D eigenvalue weighted by molar-refractivity contribution is 0.639. The van der Waals surface area contributed by atoms with E-state index in [4.69, 9.17) is 4.99 Å². The van der Waals surface area contributed by atoms with Gasteiger partial charge in [-0.2, -0.15) is 5.10 Å². The Labute approximate surface area is 147 Å². The number of pyridine rings is 2. The Bertz CT molecular complexity index is 822. The van der Waals surface area contributed by atoms with Gasteiger partial charge in [0.25, 0.3) is 0 Å². The van der Waals surface area contributed by atoms with Crippen LogP contribution in [0.5, 0.6) is 0 Å². The van der Waals surface area contributed by atoms with E-state index in [0.29, 0.717) is 5.84 Å². The summed E-state index contributed by atoms with van der Waals surface area (Å²) < 4.78 is 0. The number of aliphatic imine (C=N–C) groups is 1. The van der Waals surface area contributed by atoms with Gasteiger partial charge in [0.1, 0.15) is 5.69 Å². The number of rotatable bonds is 2. The van der Waals surface area contributed by atoms with Gasteiger partial charge in [0, 0.05) is 23.7 Å². The summed E-state index contributed by atoms with van der Waals surface area (Å²) in [6.45, 7) is 0. The molecule has 2 aromatic heterocycles. The van der Waals surface area contributed by atoms with Crippen molar-refractivity contribution in [2.24, 2.45) is 10.1 Å². The van der Waals surface area contributed by atoms with Crippen LogP contribution in [0.3, 0.4) is 0 Å². The highest BCUT2D eigenvalue weighted by Gasteiger charge is 2.21. The highest BCUT2D eigenvalue weighted by atomic mass is 15.3. The molecule has 0 unspecified atom stereocenters. The predicted octanol–water partition coefficient (Wildman–Crippen LogP) is 3.95. The minimum atomic E-state index is 0.639. The molecule has 1 N–H and O–H groups in total. The molecule has 4 rings (SSSR count). The van der Waals surface area contributed by atoms with Crippen LogP contribution in [0.15, 0.2) is 64.5 Å². The first kappa shape index (κ1) is 15.7. The third-order valence-corrected chi connectivity index (χ3v) is 4.57. The maximum atomic E-state index is 4.90. The van der Waals surface area contributed by atoms with Crippen molar-refractivity contribution in [2.75, 3.05) is 0 Å². The molecule has 1 fully saturated rings. The van der Waals surface area contributed by atoms with E-state index in [2.05, 4.69) is 20.5 Å². The number of allylic oxidation sites excluding steroid dienone is 1. The topological polar surface area (TPSA) is 62.5 Å². The van der Waals surface area contributed by atoms with Crippen LogP contribution < -0.4 is 5.43 Å². The molecule has 3 heterocycles. The average molecular weight is 331 g/mol. The molecule has 0 atom stereocenters. The highest BCUT2D eigenvalue weighted by Crippen LogP contribution is 2.27. The second kappa shape index (κ2) is 7.38. The minimum Gasteiger partial charge on any atom is -0.274 e. The number of aromatic nitrogens is 2. The second-order valence-corrected chi connectivity index (χ2v) is 6.30. The van der Waals surface area contributed by atoms with Crippen molar-refractivity contribution in [3.63, 3.8) is 0 Å². The van der Waals surface area contributed by atoms with Crippen molar-refractivity contribution < 1.29 is 0 Å². The molecule has 2 aromatic rings. The van der Waals surface area contributed by atoms with Crippen molar-refractivity contribution in [1.29, 1.82) is 0 Å². The van der Waals surface area contributed by atoms with Gasteiger partial charge < -0.3 is 0 Å². The molecule has 0 bridgehead atoms. The zero-order valence-corrected chi connectivity index (χ0v) is 14.2. The molecule has 0 radical (unpaired) electrons. The maximum Gasteiger partial charge on any atom is 0.198 e. The zero-order chi connectivity index (χ0) is 16.9. The fourth-order valence-corrected chi connectivity index (χ4v) is 3.30. The molecular formula is C20H21N5. The maximum absolute atomic E-state index is 4.90. The van der Waals surface area contributed by atoms with Crippen LogP contribution >= 0.6 is 0 Å². The van der Waals surface area contributed by atoms with E-state index in [0.717, 1.165) is 42.1 Å². The van der Waals surface area contributed by atoms with Gasteiger partial charge in [-0.15, -0.1) is 0 Å². The third kappa shape index (κ3) is 3.50. The van der Waals surface area contributed by atoms with Crippen molar-refractivity contribution in [3.8, 4) is 0 Å². The molecular weight excluding hydrogens is 310 g/mol. The molecule has 0 spiro atoms. The number of hydrazone groups is 1. The number of fused-ring (bicyclic) bond motifs is 1. The van der Waals surface area contributed by atoms with Crippen LogP contribution in [0.4, 0.5) is 0 Å². The summed E-state index contributed by atoms with van der Waals surface area (Å²) in [7, 11) is 0. The monoisotopic (exact) mass is 331 g/mol. The lowest BCUT2D eigenvalue weighted by Crippen LogP contribution is -2.14. The smallest absolute Gasteiger partial charge is 0.198 e. The molecule has 25 heavy (non-hydrogen) atoms. The van der Waals surface area contributed by atoms with E-state index in [9.17, 15) is 0 Å². The first-order valence-electron chi connectivity index (χ1n) is 8.89. The van der Waals surface area contributed by atoms with E-state index in [1.54, 1.807) is 6.20 Å². The summed E-state index contributed by atoms with van der Waals surface area (Å²) >= 11 is 0. The van der Waals surface area contributed by atoms with Crippen LogP contribution in [0.1, 0.15) is 49.9 Å². The normalized spacial score (nSPS) is 18.1. The number of nitrogens with zero attached hydrogens (tertiary/aromatic N) is 4. The SMILES string of the molecule is c1ccc(C2=NNC(c3ccccn3)=C3CCCCCCC3=N2)nc1. The Hall–Kier alpha value is -2.82. The van der Waals surface area contributed by atoms with E-state index < -0.39 is 0 Å². The molecule has 5 nitrogen and oxygen atoms in total. The number of hydrogen-bond acceptors (Lipinski definition) is 5. The fourth-order valence-electron chi connectivity index (χ4n) is 3.30. The van der Waals surface area contributed by atoms with Crippen LogP contribution in [0.25, 0.3) is 5.70 Å². The lowest BCUT2D eigenvalue weighted by atomic mass is 9.92. The highest BCUT2D eigenvalue weighted by molar-refractivity contribution is 6.15. The number of amidine groups is 1. The zero-order valence-electron chi connectivity index (χ0n) is 14.2. The van der Waals surface area contributed by atoms with E-state index in [-0.39, 0.29) is 0 Å². The molecule has 2 aliphatic rings.